The Kier molecular flexibility index (Phi) is 3.28. The summed E-state index contributed by atoms with van der Waals surface area (Å²) in [6, 6.07) is 0. The van der Waals surface area contributed by atoms with Gasteiger partial charge in [-0.1, -0.05) is 11.8 Å². The number of aromatic nitrogens is 2. The summed E-state index contributed by atoms with van der Waals surface area (Å²) in [6.07, 6.45) is 2.35. The van der Waals surface area contributed by atoms with Crippen LogP contribution in [0.15, 0.2) is 16.4 Å². The van der Waals surface area contributed by atoms with Gasteiger partial charge in [-0.2, -0.15) is 10.2 Å². The fraction of sp³-hybridized carbons (Fsp3) is 0.400. The molecule has 2 heterocycles. The smallest absolute Gasteiger partial charge is 0.313 e. The van der Waals surface area contributed by atoms with Crippen molar-refractivity contribution in [3.05, 3.63) is 17.5 Å². The maximum Gasteiger partial charge on any atom is 0.313 e. The van der Waals surface area contributed by atoms with Crippen LogP contribution < -0.4 is 0 Å². The number of aliphatic carboxylic acids is 1. The predicted molar refractivity (Wildman–Crippen MR) is 66.6 cm³/mol. The van der Waals surface area contributed by atoms with Gasteiger partial charge in [-0.3, -0.25) is 9.48 Å². The van der Waals surface area contributed by atoms with Crippen LogP contribution >= 0.6 is 11.8 Å². The molecule has 0 radical (unpaired) electrons. The zero-order valence-electron chi connectivity index (χ0n) is 9.54. The molecule has 7 heteroatoms. The quantitative estimate of drug-likeness (QED) is 0.872. The van der Waals surface area contributed by atoms with Gasteiger partial charge in [0.15, 0.2) is 0 Å². The molecular weight excluding hydrogens is 240 g/mol. The standard InChI is InChI=1S/C10H12N4O2S/c1-6-7(4-11-14(6)2)8-3-9(13-12-8)17-5-10(15)16/h4H,3,5H2,1-2H3,(H,15,16). The van der Waals surface area contributed by atoms with Crippen molar-refractivity contribution in [3.63, 3.8) is 0 Å². The van der Waals surface area contributed by atoms with Crippen molar-refractivity contribution in [1.82, 2.24) is 9.78 Å². The zero-order chi connectivity index (χ0) is 12.4. The van der Waals surface area contributed by atoms with Crippen LogP contribution in [0.3, 0.4) is 0 Å². The largest absolute Gasteiger partial charge is 0.481 e. The molecule has 1 aliphatic rings. The summed E-state index contributed by atoms with van der Waals surface area (Å²) in [5.74, 6) is -0.822. The lowest BCUT2D eigenvalue weighted by Crippen LogP contribution is -2.06. The molecule has 1 aliphatic heterocycles. The lowest BCUT2D eigenvalue weighted by Gasteiger charge is -2.00. The minimum absolute atomic E-state index is 0.0215. The summed E-state index contributed by atoms with van der Waals surface area (Å²) < 4.78 is 1.78. The molecule has 6 nitrogen and oxygen atoms in total. The number of hydrogen-bond acceptors (Lipinski definition) is 5. The number of thioether (sulfide) groups is 1. The highest BCUT2D eigenvalue weighted by Crippen LogP contribution is 2.20. The normalized spacial score (nSPS) is 14.7. The third-order valence-corrected chi connectivity index (χ3v) is 3.46. The zero-order valence-corrected chi connectivity index (χ0v) is 10.4. The molecule has 0 unspecified atom stereocenters. The van der Waals surface area contributed by atoms with Crippen LogP contribution in [-0.4, -0.2) is 37.4 Å². The van der Waals surface area contributed by atoms with Gasteiger partial charge < -0.3 is 5.11 Å². The van der Waals surface area contributed by atoms with Crippen LogP contribution in [0.25, 0.3) is 0 Å². The Labute approximate surface area is 102 Å². The summed E-state index contributed by atoms with van der Waals surface area (Å²) in [6.45, 7) is 1.97. The van der Waals surface area contributed by atoms with Crippen LogP contribution in [-0.2, 0) is 11.8 Å². The van der Waals surface area contributed by atoms with E-state index in [4.69, 9.17) is 5.11 Å². The first-order valence-electron chi connectivity index (χ1n) is 5.05. The fourth-order valence-electron chi connectivity index (χ4n) is 1.49. The van der Waals surface area contributed by atoms with Gasteiger partial charge in [0.2, 0.25) is 0 Å². The lowest BCUT2D eigenvalue weighted by atomic mass is 10.1. The van der Waals surface area contributed by atoms with Gasteiger partial charge in [-0.25, -0.2) is 0 Å². The Morgan fingerprint density at radius 2 is 2.35 bits per heavy atom. The van der Waals surface area contributed by atoms with Crippen LogP contribution in [0.5, 0.6) is 0 Å². The highest BCUT2D eigenvalue weighted by molar-refractivity contribution is 8.14. The highest BCUT2D eigenvalue weighted by Gasteiger charge is 2.19. The van der Waals surface area contributed by atoms with E-state index in [-0.39, 0.29) is 5.75 Å². The molecule has 1 aromatic rings. The molecule has 1 aromatic heterocycles. The van der Waals surface area contributed by atoms with Crippen molar-refractivity contribution < 1.29 is 9.90 Å². The summed E-state index contributed by atoms with van der Waals surface area (Å²) >= 11 is 1.21. The average Bonchev–Trinajstić information content (AvgIpc) is 2.85. The first kappa shape index (κ1) is 11.8. The molecule has 0 aromatic carbocycles. The van der Waals surface area contributed by atoms with Gasteiger partial charge >= 0.3 is 5.97 Å². The molecule has 0 saturated carbocycles. The molecule has 0 aliphatic carbocycles. The summed E-state index contributed by atoms with van der Waals surface area (Å²) in [4.78, 5) is 10.4. The van der Waals surface area contributed by atoms with Crippen LogP contribution in [0.4, 0.5) is 0 Å². The van der Waals surface area contributed by atoms with E-state index in [0.717, 1.165) is 22.0 Å². The van der Waals surface area contributed by atoms with Crippen molar-refractivity contribution in [2.24, 2.45) is 17.3 Å². The molecular formula is C10H12N4O2S. The second kappa shape index (κ2) is 4.70. The Morgan fingerprint density at radius 1 is 1.59 bits per heavy atom. The Hall–Kier alpha value is -1.63. The van der Waals surface area contributed by atoms with Crippen LogP contribution in [0.1, 0.15) is 17.7 Å². The molecule has 0 fully saturated rings. The molecule has 0 amide bonds. The topological polar surface area (TPSA) is 79.8 Å². The first-order valence-corrected chi connectivity index (χ1v) is 6.03. The van der Waals surface area contributed by atoms with Crippen molar-refractivity contribution in [1.29, 1.82) is 0 Å². The minimum Gasteiger partial charge on any atom is -0.481 e. The molecule has 0 spiro atoms. The maximum atomic E-state index is 10.4. The number of carbonyl (C=O) groups is 1. The van der Waals surface area contributed by atoms with Gasteiger partial charge in [-0.05, 0) is 6.92 Å². The van der Waals surface area contributed by atoms with E-state index < -0.39 is 5.97 Å². The Morgan fingerprint density at radius 3 is 2.94 bits per heavy atom. The summed E-state index contributed by atoms with van der Waals surface area (Å²) in [7, 11) is 1.87. The van der Waals surface area contributed by atoms with Crippen molar-refractivity contribution in [2.45, 2.75) is 13.3 Å². The van der Waals surface area contributed by atoms with Crippen molar-refractivity contribution >= 4 is 28.5 Å². The molecule has 0 bridgehead atoms. The molecule has 2 rings (SSSR count). The third kappa shape index (κ3) is 2.55. The molecule has 90 valence electrons. The molecule has 17 heavy (non-hydrogen) atoms. The Balaban J connectivity index is 2.01. The Bertz CT molecular complexity index is 518. The monoisotopic (exact) mass is 252 g/mol. The van der Waals surface area contributed by atoms with E-state index >= 15 is 0 Å². The van der Waals surface area contributed by atoms with E-state index in [2.05, 4.69) is 15.3 Å². The van der Waals surface area contributed by atoms with E-state index in [0.29, 0.717) is 6.42 Å². The molecule has 0 atom stereocenters. The van der Waals surface area contributed by atoms with E-state index in [9.17, 15) is 4.79 Å². The van der Waals surface area contributed by atoms with E-state index in [1.54, 1.807) is 10.9 Å². The second-order valence-corrected chi connectivity index (χ2v) is 4.72. The number of carboxylic acids is 1. The lowest BCUT2D eigenvalue weighted by molar-refractivity contribution is -0.133. The summed E-state index contributed by atoms with van der Waals surface area (Å²) in [5, 5.41) is 21.5. The van der Waals surface area contributed by atoms with Gasteiger partial charge in [0.25, 0.3) is 0 Å². The minimum atomic E-state index is -0.844. The van der Waals surface area contributed by atoms with Crippen LogP contribution in [0.2, 0.25) is 0 Å². The first-order chi connectivity index (χ1) is 8.08. The SMILES string of the molecule is Cc1c(C2=NN=C(SCC(=O)O)C2)cnn1C. The van der Waals surface area contributed by atoms with Crippen LogP contribution in [0, 0.1) is 6.92 Å². The van der Waals surface area contributed by atoms with E-state index in [1.165, 1.54) is 11.8 Å². The number of aryl methyl sites for hydroxylation is 1. The van der Waals surface area contributed by atoms with Gasteiger partial charge in [0, 0.05) is 24.7 Å². The fourth-order valence-corrected chi connectivity index (χ4v) is 2.11. The van der Waals surface area contributed by atoms with Gasteiger partial charge in [-0.15, -0.1) is 5.10 Å². The highest BCUT2D eigenvalue weighted by atomic mass is 32.2. The van der Waals surface area contributed by atoms with Crippen molar-refractivity contribution in [2.75, 3.05) is 5.75 Å². The molecule has 1 N–H and O–H groups in total. The number of rotatable bonds is 3. The van der Waals surface area contributed by atoms with Gasteiger partial charge in [0.05, 0.1) is 17.7 Å². The third-order valence-electron chi connectivity index (χ3n) is 2.51. The number of carboxylic acid groups (broad SMARTS) is 1. The maximum absolute atomic E-state index is 10.4. The van der Waals surface area contributed by atoms with Gasteiger partial charge in [0.1, 0.15) is 5.04 Å². The molecule has 0 saturated heterocycles. The van der Waals surface area contributed by atoms with Crippen molar-refractivity contribution in [3.8, 4) is 0 Å². The predicted octanol–water partition coefficient (Wildman–Crippen LogP) is 1.05. The number of nitrogens with zero attached hydrogens (tertiary/aromatic N) is 4. The number of hydrogen-bond donors (Lipinski definition) is 1. The van der Waals surface area contributed by atoms with E-state index in [1.807, 2.05) is 14.0 Å². The second-order valence-electron chi connectivity index (χ2n) is 3.67. The summed E-state index contributed by atoms with van der Waals surface area (Å²) in [5.41, 5.74) is 2.86. The average molecular weight is 252 g/mol.